The van der Waals surface area contributed by atoms with E-state index in [-0.39, 0.29) is 0 Å². The first kappa shape index (κ1) is 11.1. The summed E-state index contributed by atoms with van der Waals surface area (Å²) in [7, 11) is 0. The molecule has 1 fully saturated rings. The smallest absolute Gasteiger partial charge is 0.0116 e. The number of thiophene rings is 1. The van der Waals surface area contributed by atoms with Crippen LogP contribution in [0.15, 0.2) is 12.1 Å². The van der Waals surface area contributed by atoms with Crippen LogP contribution in [-0.4, -0.2) is 37.1 Å². The monoisotopic (exact) mass is 224 g/mol. The molecule has 0 saturated carbocycles. The minimum absolute atomic E-state index is 0.685. The first-order chi connectivity index (χ1) is 7.25. The highest BCUT2D eigenvalue weighted by Crippen LogP contribution is 2.18. The molecule has 1 aromatic heterocycles. The topological polar surface area (TPSA) is 15.3 Å². The Balaban J connectivity index is 1.88. The molecule has 1 aliphatic rings. The van der Waals surface area contributed by atoms with E-state index in [4.69, 9.17) is 0 Å². The van der Waals surface area contributed by atoms with Crippen molar-refractivity contribution in [1.82, 2.24) is 10.2 Å². The summed E-state index contributed by atoms with van der Waals surface area (Å²) in [6.07, 6.45) is 1.21. The average Bonchev–Trinajstić information content (AvgIpc) is 2.65. The molecule has 1 N–H and O–H groups in total. The maximum absolute atomic E-state index is 3.40. The summed E-state index contributed by atoms with van der Waals surface area (Å²) in [4.78, 5) is 5.54. The van der Waals surface area contributed by atoms with Gasteiger partial charge in [-0.05, 0) is 32.4 Å². The van der Waals surface area contributed by atoms with Gasteiger partial charge in [0.05, 0.1) is 0 Å². The van der Waals surface area contributed by atoms with Gasteiger partial charge in [-0.25, -0.2) is 0 Å². The maximum atomic E-state index is 3.40. The molecule has 0 spiro atoms. The predicted octanol–water partition coefficient (Wildman–Crippen LogP) is 1.89. The van der Waals surface area contributed by atoms with Crippen LogP contribution in [0.25, 0.3) is 0 Å². The van der Waals surface area contributed by atoms with E-state index in [1.54, 1.807) is 0 Å². The molecule has 84 valence electrons. The van der Waals surface area contributed by atoms with E-state index in [0.29, 0.717) is 6.04 Å². The van der Waals surface area contributed by atoms with E-state index in [1.807, 2.05) is 11.3 Å². The van der Waals surface area contributed by atoms with Crippen molar-refractivity contribution >= 4 is 11.3 Å². The highest BCUT2D eigenvalue weighted by Gasteiger charge is 2.16. The number of hydrogen-bond donors (Lipinski definition) is 1. The van der Waals surface area contributed by atoms with Crippen molar-refractivity contribution in [2.75, 3.05) is 26.2 Å². The molecule has 0 aliphatic carbocycles. The van der Waals surface area contributed by atoms with E-state index < -0.39 is 0 Å². The van der Waals surface area contributed by atoms with Crippen molar-refractivity contribution in [2.45, 2.75) is 26.3 Å². The summed E-state index contributed by atoms with van der Waals surface area (Å²) in [6.45, 7) is 9.22. The van der Waals surface area contributed by atoms with Gasteiger partial charge >= 0.3 is 0 Å². The zero-order valence-electron chi connectivity index (χ0n) is 9.62. The maximum Gasteiger partial charge on any atom is 0.0116 e. The molecule has 2 rings (SSSR count). The van der Waals surface area contributed by atoms with Crippen LogP contribution < -0.4 is 5.32 Å². The van der Waals surface area contributed by atoms with Crippen LogP contribution in [0, 0.1) is 6.92 Å². The van der Waals surface area contributed by atoms with E-state index in [1.165, 1.54) is 29.3 Å². The second kappa shape index (κ2) is 5.10. The molecule has 0 bridgehead atoms. The molecular weight excluding hydrogens is 204 g/mol. The molecule has 0 aromatic carbocycles. The summed E-state index contributed by atoms with van der Waals surface area (Å²) in [5.41, 5.74) is 0. The first-order valence-corrected chi connectivity index (χ1v) is 6.57. The van der Waals surface area contributed by atoms with Crippen molar-refractivity contribution in [3.05, 3.63) is 21.9 Å². The van der Waals surface area contributed by atoms with Gasteiger partial charge in [0, 0.05) is 42.0 Å². The van der Waals surface area contributed by atoms with Gasteiger partial charge in [0.2, 0.25) is 0 Å². The Labute approximate surface area is 96.3 Å². The molecule has 15 heavy (non-hydrogen) atoms. The normalized spacial score (nSPS) is 20.4. The van der Waals surface area contributed by atoms with Crippen LogP contribution in [0.4, 0.5) is 0 Å². The van der Waals surface area contributed by atoms with E-state index in [9.17, 15) is 0 Å². The number of nitrogens with one attached hydrogen (secondary N) is 1. The number of hydrogen-bond acceptors (Lipinski definition) is 3. The fourth-order valence-corrected chi connectivity index (χ4v) is 3.15. The van der Waals surface area contributed by atoms with Crippen molar-refractivity contribution < 1.29 is 0 Å². The van der Waals surface area contributed by atoms with Gasteiger partial charge in [0.15, 0.2) is 0 Å². The third kappa shape index (κ3) is 3.03. The Bertz CT molecular complexity index is 302. The Morgan fingerprint density at radius 1 is 1.40 bits per heavy atom. The van der Waals surface area contributed by atoms with Gasteiger partial charge in [0.25, 0.3) is 0 Å². The summed E-state index contributed by atoms with van der Waals surface area (Å²) < 4.78 is 0. The molecule has 1 unspecified atom stereocenters. The number of nitrogens with zero attached hydrogens (tertiary/aromatic N) is 1. The number of aryl methyl sites for hydroxylation is 1. The van der Waals surface area contributed by atoms with Gasteiger partial charge < -0.3 is 5.32 Å². The lowest BCUT2D eigenvalue weighted by Crippen LogP contribution is -2.48. The fourth-order valence-electron chi connectivity index (χ4n) is 2.14. The van der Waals surface area contributed by atoms with Gasteiger partial charge in [-0.3, -0.25) is 4.90 Å². The molecule has 1 aromatic rings. The Kier molecular flexibility index (Phi) is 3.78. The van der Waals surface area contributed by atoms with Crippen molar-refractivity contribution in [3.63, 3.8) is 0 Å². The minimum atomic E-state index is 0.685. The Morgan fingerprint density at radius 2 is 2.13 bits per heavy atom. The summed E-state index contributed by atoms with van der Waals surface area (Å²) >= 11 is 1.94. The third-order valence-electron chi connectivity index (χ3n) is 3.07. The summed E-state index contributed by atoms with van der Waals surface area (Å²) in [5.74, 6) is 0. The molecule has 2 nitrogen and oxygen atoms in total. The lowest BCUT2D eigenvalue weighted by Gasteiger charge is -2.32. The molecule has 1 aliphatic heterocycles. The van der Waals surface area contributed by atoms with Crippen LogP contribution in [0.5, 0.6) is 0 Å². The van der Waals surface area contributed by atoms with Gasteiger partial charge in [-0.15, -0.1) is 11.3 Å². The second-order valence-electron chi connectivity index (χ2n) is 4.35. The van der Waals surface area contributed by atoms with E-state index in [0.717, 1.165) is 13.1 Å². The lowest BCUT2D eigenvalue weighted by molar-refractivity contribution is 0.184. The summed E-state index contributed by atoms with van der Waals surface area (Å²) in [5, 5.41) is 3.40. The Morgan fingerprint density at radius 3 is 2.73 bits per heavy atom. The highest BCUT2D eigenvalue weighted by molar-refractivity contribution is 7.11. The van der Waals surface area contributed by atoms with Gasteiger partial charge in [-0.1, -0.05) is 0 Å². The third-order valence-corrected chi connectivity index (χ3v) is 4.09. The second-order valence-corrected chi connectivity index (χ2v) is 5.72. The SMILES string of the molecule is Cc1ccc(CC(C)N2CCNCC2)s1. The highest BCUT2D eigenvalue weighted by atomic mass is 32.1. The minimum Gasteiger partial charge on any atom is -0.314 e. The largest absolute Gasteiger partial charge is 0.314 e. The van der Waals surface area contributed by atoms with Crippen molar-refractivity contribution in [2.24, 2.45) is 0 Å². The van der Waals surface area contributed by atoms with Crippen LogP contribution in [0.2, 0.25) is 0 Å². The van der Waals surface area contributed by atoms with Crippen molar-refractivity contribution in [3.8, 4) is 0 Å². The quantitative estimate of drug-likeness (QED) is 0.843. The molecule has 1 saturated heterocycles. The lowest BCUT2D eigenvalue weighted by atomic mass is 10.1. The van der Waals surface area contributed by atoms with Crippen LogP contribution in [-0.2, 0) is 6.42 Å². The van der Waals surface area contributed by atoms with Gasteiger partial charge in [0.1, 0.15) is 0 Å². The molecular formula is C12H20N2S. The average molecular weight is 224 g/mol. The van der Waals surface area contributed by atoms with Crippen molar-refractivity contribution in [1.29, 1.82) is 0 Å². The molecule has 1 atom stereocenters. The standard InChI is InChI=1S/C12H20N2S/c1-10(14-7-5-13-6-8-14)9-12-4-3-11(2)15-12/h3-4,10,13H,5-9H2,1-2H3. The number of rotatable bonds is 3. The van der Waals surface area contributed by atoms with Crippen LogP contribution >= 0.6 is 11.3 Å². The summed E-state index contributed by atoms with van der Waals surface area (Å²) in [6, 6.07) is 5.19. The molecule has 3 heteroatoms. The van der Waals surface area contributed by atoms with Gasteiger partial charge in [-0.2, -0.15) is 0 Å². The number of piperazine rings is 1. The molecule has 2 heterocycles. The van der Waals surface area contributed by atoms with E-state index in [2.05, 4.69) is 36.2 Å². The molecule has 0 amide bonds. The molecule has 0 radical (unpaired) electrons. The van der Waals surface area contributed by atoms with Crippen LogP contribution in [0.3, 0.4) is 0 Å². The Hall–Kier alpha value is -0.380. The predicted molar refractivity (Wildman–Crippen MR) is 66.7 cm³/mol. The zero-order valence-corrected chi connectivity index (χ0v) is 10.4. The van der Waals surface area contributed by atoms with E-state index >= 15 is 0 Å². The fraction of sp³-hybridized carbons (Fsp3) is 0.667. The zero-order chi connectivity index (χ0) is 10.7. The van der Waals surface area contributed by atoms with Crippen LogP contribution in [0.1, 0.15) is 16.7 Å². The first-order valence-electron chi connectivity index (χ1n) is 5.76.